The summed E-state index contributed by atoms with van der Waals surface area (Å²) >= 11 is 0. The van der Waals surface area contributed by atoms with Crippen LogP contribution in [0.1, 0.15) is 49.9 Å². The van der Waals surface area contributed by atoms with Crippen LogP contribution in [0, 0.1) is 0 Å². The van der Waals surface area contributed by atoms with Crippen molar-refractivity contribution in [3.63, 3.8) is 0 Å². The molecule has 0 saturated heterocycles. The van der Waals surface area contributed by atoms with Gasteiger partial charge in [0, 0.05) is 49.1 Å². The predicted octanol–water partition coefficient (Wildman–Crippen LogP) is 16.0. The summed E-state index contributed by atoms with van der Waals surface area (Å²) in [7, 11) is 0. The van der Waals surface area contributed by atoms with Gasteiger partial charge in [0.1, 0.15) is 0 Å². The Balaban J connectivity index is 0.968. The Hall–Kier alpha value is -7.42. The summed E-state index contributed by atoms with van der Waals surface area (Å²) in [4.78, 5) is 3.58. The van der Waals surface area contributed by atoms with E-state index in [4.69, 9.17) is 0 Å². The van der Waals surface area contributed by atoms with Gasteiger partial charge in [-0.1, -0.05) is 149 Å². The van der Waals surface area contributed by atoms with Crippen molar-refractivity contribution in [2.75, 3.05) is 0 Å². The van der Waals surface area contributed by atoms with E-state index in [1.807, 2.05) is 0 Å². The number of hydrogen-bond donors (Lipinski definition) is 1. The molecule has 2 heteroatoms. The SMILES string of the molecule is CC1(C)c2ccccc2-c2cc(-c3ccc4c(c3)c3cc(-c5ccc6c(c5)-c5ccccc5C6(C)C)ccc3n4-c3ccc(-c4ccc5[nH]c6ccccc6c5c4)cc3)ccc21. The van der Waals surface area contributed by atoms with Crippen molar-refractivity contribution in [2.45, 2.75) is 38.5 Å². The third kappa shape index (κ3) is 4.92. The van der Waals surface area contributed by atoms with Crippen molar-refractivity contribution < 1.29 is 0 Å². The molecule has 0 atom stereocenters. The first kappa shape index (κ1) is 35.3. The highest BCUT2D eigenvalue weighted by Crippen LogP contribution is 2.51. The number of fused-ring (bicyclic) bond motifs is 12. The number of benzene rings is 9. The molecule has 0 aliphatic heterocycles. The second kappa shape index (κ2) is 12.6. The zero-order valence-electron chi connectivity index (χ0n) is 35.3. The molecule has 2 aliphatic rings. The number of H-pyrrole nitrogens is 1. The summed E-state index contributed by atoms with van der Waals surface area (Å²) in [5.41, 5.74) is 24.2. The molecule has 13 rings (SSSR count). The molecular formula is C60H44N2. The normalized spacial score (nSPS) is 14.4. The number of aromatic nitrogens is 2. The fourth-order valence-corrected chi connectivity index (χ4v) is 11.3. The molecule has 0 spiro atoms. The lowest BCUT2D eigenvalue weighted by Gasteiger charge is -2.21. The smallest absolute Gasteiger partial charge is 0.0541 e. The minimum atomic E-state index is -0.0215. The fraction of sp³-hybridized carbons (Fsp3) is 0.100. The molecule has 2 aromatic heterocycles. The minimum Gasteiger partial charge on any atom is -0.355 e. The van der Waals surface area contributed by atoms with Crippen molar-refractivity contribution in [1.82, 2.24) is 9.55 Å². The van der Waals surface area contributed by atoms with E-state index in [1.54, 1.807) is 0 Å². The Morgan fingerprint density at radius 1 is 0.323 bits per heavy atom. The average Bonchev–Trinajstić information content (AvgIpc) is 3.99. The van der Waals surface area contributed by atoms with Gasteiger partial charge >= 0.3 is 0 Å². The first-order valence-electron chi connectivity index (χ1n) is 21.9. The second-order valence-corrected chi connectivity index (χ2v) is 18.6. The van der Waals surface area contributed by atoms with Gasteiger partial charge in [-0.3, -0.25) is 0 Å². The molecule has 0 saturated carbocycles. The fourth-order valence-electron chi connectivity index (χ4n) is 11.3. The largest absolute Gasteiger partial charge is 0.355 e. The summed E-state index contributed by atoms with van der Waals surface area (Å²) in [6.45, 7) is 9.41. The first-order valence-corrected chi connectivity index (χ1v) is 21.9. The van der Waals surface area contributed by atoms with Crippen molar-refractivity contribution in [3.8, 4) is 61.3 Å². The van der Waals surface area contributed by atoms with Gasteiger partial charge < -0.3 is 9.55 Å². The monoisotopic (exact) mass is 792 g/mol. The van der Waals surface area contributed by atoms with Crippen LogP contribution in [0.2, 0.25) is 0 Å². The molecule has 0 unspecified atom stereocenters. The third-order valence-corrected chi connectivity index (χ3v) is 14.6. The molecule has 2 nitrogen and oxygen atoms in total. The van der Waals surface area contributed by atoms with Crippen LogP contribution >= 0.6 is 0 Å². The van der Waals surface area contributed by atoms with E-state index in [-0.39, 0.29) is 10.8 Å². The topological polar surface area (TPSA) is 20.7 Å². The molecule has 62 heavy (non-hydrogen) atoms. The van der Waals surface area contributed by atoms with Crippen molar-refractivity contribution in [2.24, 2.45) is 0 Å². The molecule has 294 valence electrons. The number of aromatic amines is 1. The van der Waals surface area contributed by atoms with E-state index in [0.717, 1.165) is 11.2 Å². The Labute approximate surface area is 361 Å². The van der Waals surface area contributed by atoms with Gasteiger partial charge in [-0.15, -0.1) is 0 Å². The average molecular weight is 793 g/mol. The summed E-state index contributed by atoms with van der Waals surface area (Å²) in [5, 5.41) is 5.01. The number of nitrogens with zero attached hydrogens (tertiary/aromatic N) is 1. The van der Waals surface area contributed by atoms with E-state index in [9.17, 15) is 0 Å². The lowest BCUT2D eigenvalue weighted by molar-refractivity contribution is 0.660. The maximum atomic E-state index is 3.58. The maximum Gasteiger partial charge on any atom is 0.0541 e. The van der Waals surface area contributed by atoms with Crippen molar-refractivity contribution in [3.05, 3.63) is 210 Å². The van der Waals surface area contributed by atoms with Gasteiger partial charge in [0.05, 0.1) is 11.0 Å². The van der Waals surface area contributed by atoms with Gasteiger partial charge in [-0.05, 0) is 145 Å². The number of hydrogen-bond acceptors (Lipinski definition) is 0. The highest BCUT2D eigenvalue weighted by Gasteiger charge is 2.36. The quantitative estimate of drug-likeness (QED) is 0.183. The van der Waals surface area contributed by atoms with Crippen LogP contribution in [0.4, 0.5) is 0 Å². The molecule has 0 amide bonds. The van der Waals surface area contributed by atoms with Crippen LogP contribution in [0.5, 0.6) is 0 Å². The predicted molar refractivity (Wildman–Crippen MR) is 262 cm³/mol. The van der Waals surface area contributed by atoms with Crippen molar-refractivity contribution >= 4 is 43.6 Å². The summed E-state index contributed by atoms with van der Waals surface area (Å²) in [6, 6.07) is 70.7. The lowest BCUT2D eigenvalue weighted by atomic mass is 9.82. The molecule has 2 heterocycles. The number of para-hydroxylation sites is 1. The van der Waals surface area contributed by atoms with Crippen LogP contribution in [-0.4, -0.2) is 9.55 Å². The van der Waals surface area contributed by atoms with E-state index in [0.29, 0.717) is 0 Å². The van der Waals surface area contributed by atoms with E-state index < -0.39 is 0 Å². The molecule has 1 N–H and O–H groups in total. The van der Waals surface area contributed by atoms with E-state index >= 15 is 0 Å². The first-order chi connectivity index (χ1) is 30.2. The van der Waals surface area contributed by atoms with Crippen LogP contribution < -0.4 is 0 Å². The molecular weight excluding hydrogens is 749 g/mol. The third-order valence-electron chi connectivity index (χ3n) is 14.6. The number of rotatable bonds is 4. The highest BCUT2D eigenvalue weighted by atomic mass is 15.0. The highest BCUT2D eigenvalue weighted by molar-refractivity contribution is 6.12. The van der Waals surface area contributed by atoms with Crippen LogP contribution in [0.15, 0.2) is 188 Å². The Morgan fingerprint density at radius 2 is 0.742 bits per heavy atom. The molecule has 0 fully saturated rings. The molecule has 0 radical (unpaired) electrons. The van der Waals surface area contributed by atoms with Crippen LogP contribution in [0.25, 0.3) is 105 Å². The summed E-state index contributed by atoms with van der Waals surface area (Å²) in [5.74, 6) is 0. The zero-order chi connectivity index (χ0) is 41.5. The van der Waals surface area contributed by atoms with Crippen LogP contribution in [-0.2, 0) is 10.8 Å². The van der Waals surface area contributed by atoms with Crippen molar-refractivity contribution in [1.29, 1.82) is 0 Å². The van der Waals surface area contributed by atoms with Gasteiger partial charge in [0.25, 0.3) is 0 Å². The van der Waals surface area contributed by atoms with Gasteiger partial charge in [-0.25, -0.2) is 0 Å². The van der Waals surface area contributed by atoms with Crippen LogP contribution in [0.3, 0.4) is 0 Å². The zero-order valence-corrected chi connectivity index (χ0v) is 35.3. The van der Waals surface area contributed by atoms with Gasteiger partial charge in [0.2, 0.25) is 0 Å². The van der Waals surface area contributed by atoms with E-state index in [2.05, 4.69) is 225 Å². The molecule has 0 bridgehead atoms. The van der Waals surface area contributed by atoms with E-state index in [1.165, 1.54) is 116 Å². The molecule has 9 aromatic carbocycles. The van der Waals surface area contributed by atoms with Gasteiger partial charge in [-0.2, -0.15) is 0 Å². The molecule has 11 aromatic rings. The Morgan fingerprint density at radius 3 is 1.34 bits per heavy atom. The number of nitrogens with one attached hydrogen (secondary N) is 1. The standard InChI is InChI=1S/C60H44N2/c1-59(2)51-14-8-5-11-43(51)46-31-38(19-26-53(46)59)40-22-29-57-49(34-40)50-35-41(39-20-27-54-47(32-39)44-12-6-9-15-52(44)60(54,3)4)23-30-58(50)62(57)42-24-17-36(18-25-42)37-21-28-56-48(33-37)45-13-7-10-16-55(45)61-56/h5-35,61H,1-4H3. The Kier molecular flexibility index (Phi) is 7.16. The molecule has 2 aliphatic carbocycles. The van der Waals surface area contributed by atoms with Gasteiger partial charge in [0.15, 0.2) is 0 Å². The summed E-state index contributed by atoms with van der Waals surface area (Å²) in [6.07, 6.45) is 0. The Bertz CT molecular complexity index is 3520. The summed E-state index contributed by atoms with van der Waals surface area (Å²) < 4.78 is 2.45. The lowest BCUT2D eigenvalue weighted by Crippen LogP contribution is -2.14. The second-order valence-electron chi connectivity index (χ2n) is 18.6. The minimum absolute atomic E-state index is 0.0215. The maximum absolute atomic E-state index is 3.58.